The van der Waals surface area contributed by atoms with Gasteiger partial charge in [-0.1, -0.05) is 36.4 Å². The van der Waals surface area contributed by atoms with E-state index in [9.17, 15) is 9.90 Å². The second-order valence-electron chi connectivity index (χ2n) is 4.79. The van der Waals surface area contributed by atoms with Gasteiger partial charge in [0.05, 0.1) is 18.6 Å². The van der Waals surface area contributed by atoms with Crippen LogP contribution in [0.5, 0.6) is 0 Å². The van der Waals surface area contributed by atoms with Crippen LogP contribution in [0.3, 0.4) is 0 Å². The molecule has 2 rings (SSSR count). The zero-order chi connectivity index (χ0) is 14.7. The predicted octanol–water partition coefficient (Wildman–Crippen LogP) is 3.01. The Bertz CT molecular complexity index is 686. The highest BCUT2D eigenvalue weighted by Crippen LogP contribution is 2.30. The summed E-state index contributed by atoms with van der Waals surface area (Å²) in [5, 5.41) is 20.4. The Morgan fingerprint density at radius 3 is 2.45 bits per heavy atom. The van der Waals surface area contributed by atoms with Gasteiger partial charge in [-0.15, -0.1) is 0 Å². The van der Waals surface area contributed by atoms with E-state index in [0.29, 0.717) is 5.69 Å². The largest absolute Gasteiger partial charge is 0.481 e. The molecule has 0 saturated heterocycles. The van der Waals surface area contributed by atoms with E-state index in [1.807, 2.05) is 24.3 Å². The number of fused-ring (bicyclic) bond motifs is 1. The van der Waals surface area contributed by atoms with Gasteiger partial charge in [-0.25, -0.2) is 4.85 Å². The maximum absolute atomic E-state index is 11.2. The van der Waals surface area contributed by atoms with Crippen LogP contribution >= 0.6 is 0 Å². The second kappa shape index (κ2) is 5.72. The highest BCUT2D eigenvalue weighted by atomic mass is 16.4. The quantitative estimate of drug-likeness (QED) is 0.839. The van der Waals surface area contributed by atoms with Crippen molar-refractivity contribution in [1.29, 1.82) is 0 Å². The van der Waals surface area contributed by atoms with E-state index in [1.165, 1.54) is 6.92 Å². The molecule has 0 bridgehead atoms. The zero-order valence-electron chi connectivity index (χ0n) is 11.1. The van der Waals surface area contributed by atoms with Crippen LogP contribution in [-0.2, 0) is 11.2 Å². The molecule has 0 heterocycles. The maximum atomic E-state index is 11.2. The molecule has 0 aromatic heterocycles. The number of aliphatic hydroxyl groups excluding tert-OH is 1. The van der Waals surface area contributed by atoms with Crippen molar-refractivity contribution in [3.8, 4) is 0 Å². The highest BCUT2D eigenvalue weighted by Gasteiger charge is 2.24. The SMILES string of the molecule is [C-]#[N+]c1ccc(C[C@@H](C(=O)O)[C@H](C)O)c2ccccc12. The van der Waals surface area contributed by atoms with Crippen molar-refractivity contribution in [3.63, 3.8) is 0 Å². The molecule has 0 saturated carbocycles. The number of aliphatic hydroxyl groups is 1. The van der Waals surface area contributed by atoms with Gasteiger partial charge >= 0.3 is 5.97 Å². The predicted molar refractivity (Wildman–Crippen MR) is 76.7 cm³/mol. The smallest absolute Gasteiger partial charge is 0.309 e. The molecule has 4 nitrogen and oxygen atoms in total. The average molecular weight is 269 g/mol. The summed E-state index contributed by atoms with van der Waals surface area (Å²) < 4.78 is 0. The monoisotopic (exact) mass is 269 g/mol. The molecule has 2 N–H and O–H groups in total. The fraction of sp³-hybridized carbons (Fsp3) is 0.250. The minimum Gasteiger partial charge on any atom is -0.481 e. The molecule has 0 amide bonds. The zero-order valence-corrected chi connectivity index (χ0v) is 11.1. The lowest BCUT2D eigenvalue weighted by molar-refractivity contribution is -0.145. The van der Waals surface area contributed by atoms with Crippen LogP contribution in [-0.4, -0.2) is 22.3 Å². The molecular formula is C16H15NO3. The number of nitrogens with zero attached hydrogens (tertiary/aromatic N) is 1. The summed E-state index contributed by atoms with van der Waals surface area (Å²) in [6.07, 6.45) is -0.682. The standard InChI is InChI=1S/C16H15NO3/c1-10(18)14(16(19)20)9-11-7-8-15(17-2)13-6-4-3-5-12(11)13/h3-8,10,14,18H,9H2,1H3,(H,19,20)/t10-,14+/m0/s1. The van der Waals surface area contributed by atoms with Crippen LogP contribution in [0.15, 0.2) is 36.4 Å². The van der Waals surface area contributed by atoms with Crippen molar-refractivity contribution in [1.82, 2.24) is 0 Å². The fourth-order valence-electron chi connectivity index (χ4n) is 2.32. The van der Waals surface area contributed by atoms with Gasteiger partial charge in [0.2, 0.25) is 0 Å². The lowest BCUT2D eigenvalue weighted by Crippen LogP contribution is -2.27. The number of carboxylic acid groups (broad SMARTS) is 1. The van der Waals surface area contributed by atoms with Gasteiger partial charge in [0, 0.05) is 0 Å². The molecule has 0 spiro atoms. The lowest BCUT2D eigenvalue weighted by atomic mass is 9.91. The Morgan fingerprint density at radius 1 is 1.25 bits per heavy atom. The van der Waals surface area contributed by atoms with Gasteiger partial charge in [0.1, 0.15) is 0 Å². The summed E-state index contributed by atoms with van der Waals surface area (Å²) in [6, 6.07) is 10.9. The van der Waals surface area contributed by atoms with Gasteiger partial charge in [0.25, 0.3) is 0 Å². The molecule has 0 aliphatic carbocycles. The number of carbonyl (C=O) groups is 1. The topological polar surface area (TPSA) is 61.9 Å². The number of rotatable bonds is 4. The lowest BCUT2D eigenvalue weighted by Gasteiger charge is -2.17. The minimum atomic E-state index is -1.02. The molecule has 4 heteroatoms. The summed E-state index contributed by atoms with van der Waals surface area (Å²) >= 11 is 0. The van der Waals surface area contributed by atoms with E-state index in [2.05, 4.69) is 4.85 Å². The van der Waals surface area contributed by atoms with Gasteiger partial charge in [-0.2, -0.15) is 0 Å². The first-order valence-corrected chi connectivity index (χ1v) is 6.33. The Balaban J connectivity index is 2.51. The van der Waals surface area contributed by atoms with Crippen molar-refractivity contribution in [2.45, 2.75) is 19.4 Å². The second-order valence-corrected chi connectivity index (χ2v) is 4.79. The van der Waals surface area contributed by atoms with Crippen LogP contribution in [0, 0.1) is 12.5 Å². The molecule has 0 aliphatic rings. The molecule has 102 valence electrons. The molecule has 0 radical (unpaired) electrons. The maximum Gasteiger partial charge on any atom is 0.309 e. The van der Waals surface area contributed by atoms with E-state index in [-0.39, 0.29) is 6.42 Å². The van der Waals surface area contributed by atoms with Crippen LogP contribution in [0.25, 0.3) is 15.6 Å². The number of aliphatic carboxylic acids is 1. The van der Waals surface area contributed by atoms with Crippen LogP contribution in [0.4, 0.5) is 5.69 Å². The molecular weight excluding hydrogens is 254 g/mol. The van der Waals surface area contributed by atoms with E-state index in [1.54, 1.807) is 12.1 Å². The fourth-order valence-corrected chi connectivity index (χ4v) is 2.32. The molecule has 0 unspecified atom stereocenters. The first kappa shape index (κ1) is 14.0. The van der Waals surface area contributed by atoms with E-state index >= 15 is 0 Å². The Kier molecular flexibility index (Phi) is 4.02. The van der Waals surface area contributed by atoms with Crippen molar-refractivity contribution < 1.29 is 15.0 Å². The Morgan fingerprint density at radius 2 is 1.90 bits per heavy atom. The summed E-state index contributed by atoms with van der Waals surface area (Å²) in [6.45, 7) is 8.65. The van der Waals surface area contributed by atoms with Crippen LogP contribution < -0.4 is 0 Å². The Labute approximate surface area is 117 Å². The molecule has 0 fully saturated rings. The van der Waals surface area contributed by atoms with E-state index in [0.717, 1.165) is 16.3 Å². The summed E-state index contributed by atoms with van der Waals surface area (Å²) in [7, 11) is 0. The third-order valence-electron chi connectivity index (χ3n) is 3.45. The molecule has 2 aromatic rings. The van der Waals surface area contributed by atoms with Crippen LogP contribution in [0.1, 0.15) is 12.5 Å². The number of benzene rings is 2. The Hall–Kier alpha value is -2.38. The summed E-state index contributed by atoms with van der Waals surface area (Å²) in [4.78, 5) is 14.7. The summed E-state index contributed by atoms with van der Waals surface area (Å²) in [5.74, 6) is -1.87. The first-order valence-electron chi connectivity index (χ1n) is 6.33. The third-order valence-corrected chi connectivity index (χ3v) is 3.45. The van der Waals surface area contributed by atoms with E-state index < -0.39 is 18.0 Å². The molecule has 2 atom stereocenters. The number of hydrogen-bond acceptors (Lipinski definition) is 2. The number of hydrogen-bond donors (Lipinski definition) is 2. The normalized spacial score (nSPS) is 13.7. The van der Waals surface area contributed by atoms with Crippen molar-refractivity contribution in [2.75, 3.05) is 0 Å². The molecule has 0 aliphatic heterocycles. The third kappa shape index (κ3) is 2.63. The van der Waals surface area contributed by atoms with Crippen LogP contribution in [0.2, 0.25) is 0 Å². The molecule has 20 heavy (non-hydrogen) atoms. The van der Waals surface area contributed by atoms with Crippen molar-refractivity contribution >= 4 is 22.4 Å². The van der Waals surface area contributed by atoms with Crippen molar-refractivity contribution in [2.24, 2.45) is 5.92 Å². The highest BCUT2D eigenvalue weighted by molar-refractivity contribution is 5.96. The average Bonchev–Trinajstić information content (AvgIpc) is 2.43. The minimum absolute atomic E-state index is 0.242. The number of carboxylic acids is 1. The van der Waals surface area contributed by atoms with Gasteiger partial charge in [0.15, 0.2) is 5.69 Å². The summed E-state index contributed by atoms with van der Waals surface area (Å²) in [5.41, 5.74) is 1.38. The van der Waals surface area contributed by atoms with E-state index in [4.69, 9.17) is 11.7 Å². The van der Waals surface area contributed by atoms with Gasteiger partial charge < -0.3 is 10.2 Å². The van der Waals surface area contributed by atoms with Gasteiger partial charge in [-0.05, 0) is 29.7 Å². The molecule has 2 aromatic carbocycles. The first-order chi connectivity index (χ1) is 9.54. The van der Waals surface area contributed by atoms with Gasteiger partial charge in [-0.3, -0.25) is 4.79 Å². The van der Waals surface area contributed by atoms with Crippen molar-refractivity contribution in [3.05, 3.63) is 53.4 Å².